The highest BCUT2D eigenvalue weighted by Gasteiger charge is 2.61. The van der Waals surface area contributed by atoms with E-state index in [4.69, 9.17) is 4.74 Å². The van der Waals surface area contributed by atoms with E-state index in [-0.39, 0.29) is 17.1 Å². The monoisotopic (exact) mass is 326 g/mol. The standard InChI is InChI=1S/C24H22O/c1-23(2,3)20-10-6-7-11-21(20)24-19-14-12-16-8-4-5-9-17(16)18(19)13-15-22(24)25-24/h4-15,22H,1-3H3. The highest BCUT2D eigenvalue weighted by atomic mass is 16.6. The molecular formula is C24H22O. The molecule has 2 unspecified atom stereocenters. The minimum atomic E-state index is -0.321. The molecule has 0 amide bonds. The van der Waals surface area contributed by atoms with Gasteiger partial charge >= 0.3 is 0 Å². The van der Waals surface area contributed by atoms with Crippen molar-refractivity contribution >= 4 is 16.8 Å². The summed E-state index contributed by atoms with van der Waals surface area (Å²) in [6, 6.07) is 21.9. The predicted octanol–water partition coefficient (Wildman–Crippen LogP) is 5.81. The van der Waals surface area contributed by atoms with Crippen LogP contribution in [0.3, 0.4) is 0 Å². The molecule has 3 aromatic rings. The number of hydrogen-bond donors (Lipinski definition) is 0. The summed E-state index contributed by atoms with van der Waals surface area (Å²) in [5.74, 6) is 0. The maximum Gasteiger partial charge on any atom is 0.150 e. The molecule has 1 aliphatic carbocycles. The molecule has 1 heteroatoms. The van der Waals surface area contributed by atoms with Crippen LogP contribution < -0.4 is 0 Å². The molecule has 0 spiro atoms. The summed E-state index contributed by atoms with van der Waals surface area (Å²) in [7, 11) is 0. The third-order valence-corrected chi connectivity index (χ3v) is 5.60. The van der Waals surface area contributed by atoms with Gasteiger partial charge in [-0.25, -0.2) is 0 Å². The molecule has 0 N–H and O–H groups in total. The molecule has 0 radical (unpaired) electrons. The molecule has 5 rings (SSSR count). The zero-order valence-corrected chi connectivity index (χ0v) is 14.9. The average molecular weight is 326 g/mol. The Morgan fingerprint density at radius 2 is 1.60 bits per heavy atom. The van der Waals surface area contributed by atoms with Crippen molar-refractivity contribution in [2.75, 3.05) is 0 Å². The zero-order valence-electron chi connectivity index (χ0n) is 14.9. The van der Waals surface area contributed by atoms with E-state index in [2.05, 4.69) is 93.6 Å². The molecule has 1 fully saturated rings. The van der Waals surface area contributed by atoms with Crippen LogP contribution in [0.2, 0.25) is 0 Å². The van der Waals surface area contributed by atoms with Gasteiger partial charge in [0.15, 0.2) is 0 Å². The number of fused-ring (bicyclic) bond motifs is 5. The number of benzene rings is 3. The fraction of sp³-hybridized carbons (Fsp3) is 0.250. The topological polar surface area (TPSA) is 12.5 Å². The average Bonchev–Trinajstić information content (AvgIpc) is 3.37. The molecule has 2 aliphatic rings. The van der Waals surface area contributed by atoms with Crippen molar-refractivity contribution in [2.45, 2.75) is 37.9 Å². The first-order valence-electron chi connectivity index (χ1n) is 9.00. The van der Waals surface area contributed by atoms with Crippen LogP contribution >= 0.6 is 0 Å². The minimum absolute atomic E-state index is 0.0833. The van der Waals surface area contributed by atoms with Crippen molar-refractivity contribution in [1.29, 1.82) is 0 Å². The Labute approximate surface area is 149 Å². The third kappa shape index (κ3) is 1.99. The quantitative estimate of drug-likeness (QED) is 0.514. The van der Waals surface area contributed by atoms with Crippen molar-refractivity contribution in [3.8, 4) is 0 Å². The fourth-order valence-electron chi connectivity index (χ4n) is 4.36. The van der Waals surface area contributed by atoms with Crippen LogP contribution in [0.15, 0.2) is 66.7 Å². The molecule has 1 nitrogen and oxygen atoms in total. The van der Waals surface area contributed by atoms with Gasteiger partial charge in [-0.3, -0.25) is 0 Å². The Bertz CT molecular complexity index is 1020. The highest BCUT2D eigenvalue weighted by Crippen LogP contribution is 2.58. The number of epoxide rings is 1. The summed E-state index contributed by atoms with van der Waals surface area (Å²) in [5, 5.41) is 2.59. The molecule has 1 aliphatic heterocycles. The van der Waals surface area contributed by atoms with Gasteiger partial charge in [-0.2, -0.15) is 0 Å². The summed E-state index contributed by atoms with van der Waals surface area (Å²) in [6.07, 6.45) is 4.62. The van der Waals surface area contributed by atoms with Crippen molar-refractivity contribution in [1.82, 2.24) is 0 Å². The predicted molar refractivity (Wildman–Crippen MR) is 104 cm³/mol. The van der Waals surface area contributed by atoms with Crippen LogP contribution in [0, 0.1) is 0 Å². The molecule has 0 saturated carbocycles. The molecule has 124 valence electrons. The Morgan fingerprint density at radius 3 is 2.44 bits per heavy atom. The summed E-state index contributed by atoms with van der Waals surface area (Å²) in [4.78, 5) is 0. The summed E-state index contributed by atoms with van der Waals surface area (Å²) in [6.45, 7) is 6.83. The highest BCUT2D eigenvalue weighted by molar-refractivity contribution is 5.93. The molecule has 3 aromatic carbocycles. The van der Waals surface area contributed by atoms with E-state index in [9.17, 15) is 0 Å². The Morgan fingerprint density at radius 1 is 0.840 bits per heavy atom. The molecule has 25 heavy (non-hydrogen) atoms. The van der Waals surface area contributed by atoms with Crippen molar-refractivity contribution in [3.05, 3.63) is 89.0 Å². The Balaban J connectivity index is 1.80. The first-order valence-corrected chi connectivity index (χ1v) is 9.00. The van der Waals surface area contributed by atoms with Crippen molar-refractivity contribution in [2.24, 2.45) is 0 Å². The largest absolute Gasteiger partial charge is 0.351 e. The molecule has 1 heterocycles. The van der Waals surface area contributed by atoms with Gasteiger partial charge in [0.1, 0.15) is 11.7 Å². The van der Waals surface area contributed by atoms with E-state index in [0.717, 1.165) is 0 Å². The zero-order chi connectivity index (χ0) is 17.2. The Kier molecular flexibility index (Phi) is 2.88. The molecule has 2 atom stereocenters. The number of rotatable bonds is 1. The molecular weight excluding hydrogens is 304 g/mol. The van der Waals surface area contributed by atoms with E-state index in [1.807, 2.05) is 0 Å². The van der Waals surface area contributed by atoms with Gasteiger partial charge in [-0.1, -0.05) is 93.6 Å². The first-order chi connectivity index (χ1) is 12.0. The van der Waals surface area contributed by atoms with Crippen LogP contribution in [0.25, 0.3) is 16.8 Å². The lowest BCUT2D eigenvalue weighted by atomic mass is 9.74. The van der Waals surface area contributed by atoms with Crippen molar-refractivity contribution in [3.63, 3.8) is 0 Å². The third-order valence-electron chi connectivity index (χ3n) is 5.60. The van der Waals surface area contributed by atoms with Crippen LogP contribution in [-0.4, -0.2) is 6.10 Å². The second kappa shape index (κ2) is 4.83. The van der Waals surface area contributed by atoms with Gasteiger partial charge in [0.05, 0.1) is 0 Å². The SMILES string of the molecule is CC(C)(C)c1ccccc1C12OC1C=Cc1c2ccc2ccccc12. The molecule has 0 aromatic heterocycles. The van der Waals surface area contributed by atoms with Gasteiger partial charge < -0.3 is 4.74 Å². The van der Waals surface area contributed by atoms with Gasteiger partial charge in [0.2, 0.25) is 0 Å². The van der Waals surface area contributed by atoms with E-state index in [1.54, 1.807) is 0 Å². The maximum atomic E-state index is 6.38. The second-order valence-corrected chi connectivity index (χ2v) is 8.18. The van der Waals surface area contributed by atoms with Gasteiger partial charge in [0, 0.05) is 0 Å². The van der Waals surface area contributed by atoms with Gasteiger partial charge in [-0.15, -0.1) is 0 Å². The van der Waals surface area contributed by atoms with E-state index in [0.29, 0.717) is 0 Å². The van der Waals surface area contributed by atoms with Crippen molar-refractivity contribution < 1.29 is 4.74 Å². The lowest BCUT2D eigenvalue weighted by Crippen LogP contribution is -2.24. The lowest BCUT2D eigenvalue weighted by Gasteiger charge is -2.28. The van der Waals surface area contributed by atoms with Crippen LogP contribution in [0.5, 0.6) is 0 Å². The van der Waals surface area contributed by atoms with Crippen LogP contribution in [-0.2, 0) is 15.8 Å². The second-order valence-electron chi connectivity index (χ2n) is 8.18. The summed E-state index contributed by atoms with van der Waals surface area (Å²) < 4.78 is 6.38. The van der Waals surface area contributed by atoms with Gasteiger partial charge in [-0.05, 0) is 38.4 Å². The van der Waals surface area contributed by atoms with E-state index in [1.165, 1.54) is 33.0 Å². The summed E-state index contributed by atoms with van der Waals surface area (Å²) in [5.41, 5.74) is 5.05. The summed E-state index contributed by atoms with van der Waals surface area (Å²) >= 11 is 0. The minimum Gasteiger partial charge on any atom is -0.351 e. The van der Waals surface area contributed by atoms with Gasteiger partial charge in [0.25, 0.3) is 0 Å². The lowest BCUT2D eigenvalue weighted by molar-refractivity contribution is 0.335. The molecule has 0 bridgehead atoms. The normalized spacial score (nSPS) is 24.0. The van der Waals surface area contributed by atoms with Crippen LogP contribution in [0.1, 0.15) is 43.0 Å². The Hall–Kier alpha value is -2.38. The smallest absolute Gasteiger partial charge is 0.150 e. The van der Waals surface area contributed by atoms with E-state index >= 15 is 0 Å². The number of ether oxygens (including phenoxy) is 1. The fourth-order valence-corrected chi connectivity index (χ4v) is 4.36. The first kappa shape index (κ1) is 14.9. The van der Waals surface area contributed by atoms with Crippen LogP contribution in [0.4, 0.5) is 0 Å². The molecule has 1 saturated heterocycles. The van der Waals surface area contributed by atoms with E-state index < -0.39 is 0 Å². The maximum absolute atomic E-state index is 6.38. The number of hydrogen-bond acceptors (Lipinski definition) is 1.